The lowest BCUT2D eigenvalue weighted by molar-refractivity contribution is 0.573. The molecule has 0 atom stereocenters. The van der Waals surface area contributed by atoms with Crippen LogP contribution in [0.5, 0.6) is 5.75 Å². The van der Waals surface area contributed by atoms with Gasteiger partial charge in [0.05, 0.1) is 12.1 Å². The van der Waals surface area contributed by atoms with Crippen molar-refractivity contribution >= 4 is 18.4 Å². The second-order valence-electron chi connectivity index (χ2n) is 4.81. The molecule has 2 aliphatic rings. The van der Waals surface area contributed by atoms with Crippen LogP contribution in [0.15, 0.2) is 78.9 Å². The van der Waals surface area contributed by atoms with Crippen molar-refractivity contribution in [1.82, 2.24) is 10.2 Å². The molecule has 2 N–H and O–H groups in total. The third kappa shape index (κ3) is 4.02. The van der Waals surface area contributed by atoms with Gasteiger partial charge in [-0.25, -0.2) is 10.2 Å². The maximum atomic E-state index is 6.09. The van der Waals surface area contributed by atoms with Crippen molar-refractivity contribution in [2.45, 2.75) is 12.1 Å². The van der Waals surface area contributed by atoms with Gasteiger partial charge in [-0.3, -0.25) is 0 Å². The van der Waals surface area contributed by atoms with Crippen molar-refractivity contribution in [3.8, 4) is 5.75 Å². The molecule has 0 bridgehead atoms. The molecule has 21 heavy (non-hydrogen) atoms. The summed E-state index contributed by atoms with van der Waals surface area (Å²) in [6.45, 7) is -2.41. The number of rotatable bonds is 6. The Morgan fingerprint density at radius 1 is 0.810 bits per heavy atom. The van der Waals surface area contributed by atoms with E-state index in [-0.39, 0.29) is 12.1 Å². The van der Waals surface area contributed by atoms with Gasteiger partial charge in [0.25, 0.3) is 0 Å². The zero-order valence-corrected chi connectivity index (χ0v) is 13.1. The summed E-state index contributed by atoms with van der Waals surface area (Å²) in [6, 6.07) is 9.92. The zero-order valence-electron chi connectivity index (χ0n) is 11.4. The smallest absolute Gasteiger partial charge is 0.249 e. The largest absolute Gasteiger partial charge is 0.441 e. The lowest BCUT2D eigenvalue weighted by Gasteiger charge is -2.28. The van der Waals surface area contributed by atoms with E-state index >= 15 is 0 Å². The fourth-order valence-electron chi connectivity index (χ4n) is 2.15. The Labute approximate surface area is 130 Å². The Morgan fingerprint density at radius 2 is 1.29 bits per heavy atom. The molecule has 0 aliphatic heterocycles. The van der Waals surface area contributed by atoms with Gasteiger partial charge in [0.1, 0.15) is 5.75 Å². The fraction of sp³-hybridized carbons (Fsp3) is 0.125. The van der Waals surface area contributed by atoms with Crippen LogP contribution < -0.4 is 14.7 Å². The number of hydrogen-bond donors (Lipinski definition) is 2. The van der Waals surface area contributed by atoms with Gasteiger partial charge in [-0.1, -0.05) is 66.8 Å². The first kappa shape index (κ1) is 14.5. The van der Waals surface area contributed by atoms with E-state index in [4.69, 9.17) is 16.3 Å². The van der Waals surface area contributed by atoms with Crippen molar-refractivity contribution in [1.29, 1.82) is 0 Å². The lowest BCUT2D eigenvalue weighted by Crippen LogP contribution is -2.34. The van der Waals surface area contributed by atoms with Crippen molar-refractivity contribution in [3.63, 3.8) is 0 Å². The molecule has 0 unspecified atom stereocenters. The first-order valence-electron chi connectivity index (χ1n) is 6.84. The van der Waals surface area contributed by atoms with Gasteiger partial charge >= 0.3 is 0 Å². The first-order valence-corrected chi connectivity index (χ1v) is 9.56. The quantitative estimate of drug-likeness (QED) is 0.788. The van der Waals surface area contributed by atoms with Crippen LogP contribution in [0.2, 0.25) is 0 Å². The summed E-state index contributed by atoms with van der Waals surface area (Å²) in [5, 5.41) is 6.84. The van der Waals surface area contributed by atoms with Crippen LogP contribution in [0.25, 0.3) is 0 Å². The van der Waals surface area contributed by atoms with E-state index in [0.717, 1.165) is 5.75 Å². The fourth-order valence-corrected chi connectivity index (χ4v) is 4.86. The van der Waals surface area contributed by atoms with Gasteiger partial charge in [0.2, 0.25) is 6.57 Å². The minimum absolute atomic E-state index is 0.112. The summed E-state index contributed by atoms with van der Waals surface area (Å²) >= 11 is 5.79. The maximum Gasteiger partial charge on any atom is 0.249 e. The molecule has 0 amide bonds. The number of hydrogen-bond acceptors (Lipinski definition) is 2. The Kier molecular flexibility index (Phi) is 4.51. The standard InChI is InChI=1S/C16H17N2OPS/c21-20(17-14-8-4-5-9-14,18-15-10-6-7-11-15)19-16-12-2-1-3-13-16/h1-15H,(H2,17,18,21). The summed E-state index contributed by atoms with van der Waals surface area (Å²) in [7, 11) is 0. The van der Waals surface area contributed by atoms with E-state index in [1.807, 2.05) is 54.6 Å². The predicted octanol–water partition coefficient (Wildman–Crippen LogP) is 3.46. The van der Waals surface area contributed by atoms with Gasteiger partial charge in [-0.2, -0.15) is 0 Å². The number of nitrogens with one attached hydrogen (secondary N) is 2. The van der Waals surface area contributed by atoms with Crippen LogP contribution in [0.3, 0.4) is 0 Å². The van der Waals surface area contributed by atoms with Crippen molar-refractivity contribution < 1.29 is 4.52 Å². The summed E-state index contributed by atoms with van der Waals surface area (Å²) < 4.78 is 6.09. The maximum absolute atomic E-state index is 6.09. The molecule has 0 radical (unpaired) electrons. The van der Waals surface area contributed by atoms with Crippen molar-refractivity contribution in [3.05, 3.63) is 78.9 Å². The molecule has 0 aromatic heterocycles. The Balaban J connectivity index is 1.77. The molecule has 0 saturated carbocycles. The summed E-state index contributed by atoms with van der Waals surface area (Å²) in [6.07, 6.45) is 16.3. The second-order valence-corrected chi connectivity index (χ2v) is 8.15. The van der Waals surface area contributed by atoms with E-state index in [0.29, 0.717) is 0 Å². The highest BCUT2D eigenvalue weighted by atomic mass is 32.4. The van der Waals surface area contributed by atoms with Crippen LogP contribution in [0, 0.1) is 0 Å². The van der Waals surface area contributed by atoms with Crippen LogP contribution in [-0.4, -0.2) is 12.1 Å². The van der Waals surface area contributed by atoms with Crippen LogP contribution >= 0.6 is 6.57 Å². The van der Waals surface area contributed by atoms with Gasteiger partial charge in [0, 0.05) is 0 Å². The lowest BCUT2D eigenvalue weighted by atomic mass is 10.3. The van der Waals surface area contributed by atoms with Gasteiger partial charge in [-0.15, -0.1) is 0 Å². The highest BCUT2D eigenvalue weighted by molar-refractivity contribution is 8.10. The SMILES string of the molecule is S=P(NC1C=CC=C1)(NC1C=CC=C1)Oc1ccccc1. The molecule has 3 rings (SSSR count). The molecule has 3 nitrogen and oxygen atoms in total. The Morgan fingerprint density at radius 3 is 1.76 bits per heavy atom. The summed E-state index contributed by atoms with van der Waals surface area (Å²) in [5.41, 5.74) is 0. The van der Waals surface area contributed by atoms with Crippen molar-refractivity contribution in [2.75, 3.05) is 0 Å². The van der Waals surface area contributed by atoms with Gasteiger partial charge in [0.15, 0.2) is 0 Å². The molecule has 0 heterocycles. The first-order chi connectivity index (χ1) is 10.2. The molecular weight excluding hydrogens is 299 g/mol. The predicted molar refractivity (Wildman–Crippen MR) is 91.8 cm³/mol. The number of allylic oxidation sites excluding steroid dienone is 4. The molecule has 1 aromatic carbocycles. The third-order valence-electron chi connectivity index (χ3n) is 3.11. The van der Waals surface area contributed by atoms with E-state index in [2.05, 4.69) is 34.5 Å². The van der Waals surface area contributed by atoms with E-state index in [1.165, 1.54) is 0 Å². The summed E-state index contributed by atoms with van der Waals surface area (Å²) in [5.74, 6) is 0.776. The Bertz CT molecular complexity index is 594. The van der Waals surface area contributed by atoms with E-state index in [1.54, 1.807) is 0 Å². The molecule has 5 heteroatoms. The average Bonchev–Trinajstić information content (AvgIpc) is 3.13. The molecule has 0 saturated heterocycles. The van der Waals surface area contributed by atoms with Crippen LogP contribution in [0.4, 0.5) is 0 Å². The minimum Gasteiger partial charge on any atom is -0.441 e. The van der Waals surface area contributed by atoms with E-state index < -0.39 is 6.57 Å². The van der Waals surface area contributed by atoms with E-state index in [9.17, 15) is 0 Å². The molecule has 108 valence electrons. The number of benzene rings is 1. The van der Waals surface area contributed by atoms with Gasteiger partial charge < -0.3 is 4.52 Å². The zero-order chi connectivity index (χ0) is 14.5. The molecular formula is C16H17N2OPS. The third-order valence-corrected chi connectivity index (χ3v) is 5.71. The minimum atomic E-state index is -2.41. The van der Waals surface area contributed by atoms with Crippen LogP contribution in [-0.2, 0) is 11.8 Å². The van der Waals surface area contributed by atoms with Gasteiger partial charge in [-0.05, 0) is 23.9 Å². The molecule has 1 aromatic rings. The van der Waals surface area contributed by atoms with Crippen molar-refractivity contribution in [2.24, 2.45) is 0 Å². The van der Waals surface area contributed by atoms with Crippen LogP contribution in [0.1, 0.15) is 0 Å². The topological polar surface area (TPSA) is 33.3 Å². The normalized spacial score (nSPS) is 17.9. The highest BCUT2D eigenvalue weighted by Crippen LogP contribution is 2.41. The molecule has 0 fully saturated rings. The Hall–Kier alpha value is -1.45. The average molecular weight is 316 g/mol. The monoisotopic (exact) mass is 316 g/mol. The summed E-state index contributed by atoms with van der Waals surface area (Å²) in [4.78, 5) is 0. The highest BCUT2D eigenvalue weighted by Gasteiger charge is 2.25. The molecule has 2 aliphatic carbocycles. The second kappa shape index (κ2) is 6.54. The molecule has 0 spiro atoms. The number of para-hydroxylation sites is 1.